The normalized spacial score (nSPS) is 18.8. The van der Waals surface area contributed by atoms with Crippen molar-refractivity contribution >= 4 is 15.9 Å². The summed E-state index contributed by atoms with van der Waals surface area (Å²) in [7, 11) is -1.88. The van der Waals surface area contributed by atoms with Crippen LogP contribution in [-0.2, 0) is 35.3 Å². The lowest BCUT2D eigenvalue weighted by molar-refractivity contribution is 0.0896. The lowest BCUT2D eigenvalue weighted by atomic mass is 9.71. The zero-order valence-corrected chi connectivity index (χ0v) is 22.4. The van der Waals surface area contributed by atoms with E-state index in [1.807, 2.05) is 50.2 Å². The minimum Gasteiger partial charge on any atom is -0.348 e. The number of amides is 1. The summed E-state index contributed by atoms with van der Waals surface area (Å²) < 4.78 is 29.5. The SMILES string of the molecule is CC.CCc1ccccc1C(=O)NC1Cc2ccccc2C12CCN(S(=O)(=O)c1cn(C)cn1)CC2. The summed E-state index contributed by atoms with van der Waals surface area (Å²) in [6, 6.07) is 16.0. The fourth-order valence-electron chi connectivity index (χ4n) is 5.66. The molecule has 0 bridgehead atoms. The highest BCUT2D eigenvalue weighted by molar-refractivity contribution is 7.89. The summed E-state index contributed by atoms with van der Waals surface area (Å²) in [4.78, 5) is 17.4. The fourth-order valence-corrected chi connectivity index (χ4v) is 7.07. The molecule has 3 aromatic rings. The molecule has 1 spiro atoms. The number of sulfonamides is 1. The van der Waals surface area contributed by atoms with Crippen molar-refractivity contribution in [3.63, 3.8) is 0 Å². The second-order valence-corrected chi connectivity index (χ2v) is 11.2. The molecule has 1 aliphatic heterocycles. The molecule has 0 radical (unpaired) electrons. The second-order valence-electron chi connectivity index (χ2n) is 9.34. The Bertz CT molecular complexity index is 1320. The van der Waals surface area contributed by atoms with Gasteiger partial charge in [0.05, 0.1) is 6.33 Å². The third-order valence-corrected chi connectivity index (χ3v) is 9.28. The largest absolute Gasteiger partial charge is 0.348 e. The first-order chi connectivity index (χ1) is 17.3. The number of carbonyl (C=O) groups is 1. The maximum absolute atomic E-state index is 13.3. The van der Waals surface area contributed by atoms with Gasteiger partial charge >= 0.3 is 0 Å². The Balaban J connectivity index is 0.00000148. The molecule has 5 rings (SSSR count). The van der Waals surface area contributed by atoms with E-state index < -0.39 is 10.0 Å². The average Bonchev–Trinajstić information content (AvgIpc) is 3.48. The predicted octanol–water partition coefficient (Wildman–Crippen LogP) is 4.09. The number of rotatable bonds is 5. The Hall–Kier alpha value is -2.97. The molecule has 1 fully saturated rings. The number of fused-ring (bicyclic) bond motifs is 2. The van der Waals surface area contributed by atoms with E-state index in [4.69, 9.17) is 0 Å². The van der Waals surface area contributed by atoms with Crippen LogP contribution in [-0.4, -0.2) is 47.3 Å². The van der Waals surface area contributed by atoms with Gasteiger partial charge in [0, 0.05) is 43.4 Å². The first kappa shape index (κ1) is 26.1. The first-order valence-corrected chi connectivity index (χ1v) is 14.2. The van der Waals surface area contributed by atoms with Crippen LogP contribution in [0.1, 0.15) is 60.7 Å². The van der Waals surface area contributed by atoms with Gasteiger partial charge in [0.2, 0.25) is 0 Å². The van der Waals surface area contributed by atoms with Crippen LogP contribution in [0.5, 0.6) is 0 Å². The molecule has 2 heterocycles. The van der Waals surface area contributed by atoms with Crippen LogP contribution in [0.25, 0.3) is 0 Å². The predicted molar refractivity (Wildman–Crippen MR) is 141 cm³/mol. The molecule has 8 heteroatoms. The van der Waals surface area contributed by atoms with Gasteiger partial charge in [-0.1, -0.05) is 63.2 Å². The van der Waals surface area contributed by atoms with E-state index in [9.17, 15) is 13.2 Å². The van der Waals surface area contributed by atoms with E-state index >= 15 is 0 Å². The first-order valence-electron chi connectivity index (χ1n) is 12.8. The van der Waals surface area contributed by atoms with Crippen molar-refractivity contribution in [2.75, 3.05) is 13.1 Å². The molecule has 192 valence electrons. The van der Waals surface area contributed by atoms with Crippen LogP contribution < -0.4 is 5.32 Å². The van der Waals surface area contributed by atoms with Gasteiger partial charge in [-0.2, -0.15) is 4.31 Å². The maximum Gasteiger partial charge on any atom is 0.262 e. The molecule has 1 N–H and O–H groups in total. The Labute approximate surface area is 214 Å². The lowest BCUT2D eigenvalue weighted by Crippen LogP contribution is -2.54. The number of nitrogens with zero attached hydrogens (tertiary/aromatic N) is 3. The molecule has 2 aliphatic rings. The van der Waals surface area contributed by atoms with Crippen molar-refractivity contribution in [3.05, 3.63) is 83.3 Å². The van der Waals surface area contributed by atoms with Crippen LogP contribution in [0.15, 0.2) is 66.1 Å². The van der Waals surface area contributed by atoms with Crippen molar-refractivity contribution in [1.82, 2.24) is 19.2 Å². The minimum absolute atomic E-state index is 0.0573. The Kier molecular flexibility index (Phi) is 7.66. The number of aryl methyl sites for hydroxylation is 2. The number of hydrogen-bond donors (Lipinski definition) is 1. The van der Waals surface area contributed by atoms with Crippen LogP contribution in [0, 0.1) is 0 Å². The van der Waals surface area contributed by atoms with Crippen molar-refractivity contribution in [1.29, 1.82) is 0 Å². The van der Waals surface area contributed by atoms with E-state index in [1.54, 1.807) is 17.8 Å². The highest BCUT2D eigenvalue weighted by Gasteiger charge is 2.50. The van der Waals surface area contributed by atoms with Gasteiger partial charge in [-0.25, -0.2) is 13.4 Å². The van der Waals surface area contributed by atoms with Gasteiger partial charge in [0.25, 0.3) is 15.9 Å². The molecule has 1 saturated heterocycles. The minimum atomic E-state index is -3.64. The lowest BCUT2D eigenvalue weighted by Gasteiger charge is -2.43. The fraction of sp³-hybridized carbons (Fsp3) is 0.429. The quantitative estimate of drug-likeness (QED) is 0.563. The molecule has 0 saturated carbocycles. The smallest absolute Gasteiger partial charge is 0.262 e. The van der Waals surface area contributed by atoms with Gasteiger partial charge in [-0.15, -0.1) is 0 Å². The Morgan fingerprint density at radius 2 is 1.75 bits per heavy atom. The second kappa shape index (κ2) is 10.6. The highest BCUT2D eigenvalue weighted by atomic mass is 32.2. The van der Waals surface area contributed by atoms with E-state index in [1.165, 1.54) is 21.8 Å². The number of hydrogen-bond acceptors (Lipinski definition) is 4. The summed E-state index contributed by atoms with van der Waals surface area (Å²) in [5.74, 6) is -0.0573. The topological polar surface area (TPSA) is 84.3 Å². The van der Waals surface area contributed by atoms with Crippen LogP contribution in [0.2, 0.25) is 0 Å². The maximum atomic E-state index is 13.3. The highest BCUT2D eigenvalue weighted by Crippen LogP contribution is 2.47. The molecule has 2 aromatic carbocycles. The molecule has 36 heavy (non-hydrogen) atoms. The number of aromatic nitrogens is 2. The Morgan fingerprint density at radius 1 is 1.08 bits per heavy atom. The number of imidazole rings is 1. The zero-order valence-electron chi connectivity index (χ0n) is 21.6. The number of piperidine rings is 1. The van der Waals surface area contributed by atoms with Crippen molar-refractivity contribution in [2.24, 2.45) is 7.05 Å². The molecular weight excluding hydrogens is 472 g/mol. The number of carbonyl (C=O) groups excluding carboxylic acids is 1. The number of nitrogens with one attached hydrogen (secondary N) is 1. The summed E-state index contributed by atoms with van der Waals surface area (Å²) >= 11 is 0. The van der Waals surface area contributed by atoms with Gasteiger partial charge in [0.15, 0.2) is 5.03 Å². The van der Waals surface area contributed by atoms with Crippen molar-refractivity contribution in [2.45, 2.75) is 62.9 Å². The summed E-state index contributed by atoms with van der Waals surface area (Å²) in [5, 5.41) is 3.43. The molecule has 1 atom stereocenters. The van der Waals surface area contributed by atoms with Crippen molar-refractivity contribution < 1.29 is 13.2 Å². The van der Waals surface area contributed by atoms with Gasteiger partial charge < -0.3 is 9.88 Å². The number of benzene rings is 2. The van der Waals surface area contributed by atoms with E-state index in [0.29, 0.717) is 31.5 Å². The monoisotopic (exact) mass is 508 g/mol. The van der Waals surface area contributed by atoms with Crippen LogP contribution in [0.3, 0.4) is 0 Å². The molecule has 1 aromatic heterocycles. The molecule has 1 aliphatic carbocycles. The Morgan fingerprint density at radius 3 is 2.42 bits per heavy atom. The van der Waals surface area contributed by atoms with Gasteiger partial charge in [-0.3, -0.25) is 4.79 Å². The van der Waals surface area contributed by atoms with Gasteiger partial charge in [-0.05, 0) is 48.4 Å². The molecule has 7 nitrogen and oxygen atoms in total. The molecular formula is C28H36N4O3S. The standard InChI is InChI=1S/C26H30N4O3S.C2H6/c1-3-19-8-4-6-10-21(19)25(31)28-23-16-20-9-5-7-11-22(20)26(23)12-14-30(15-13-26)34(32,33)24-17-29(2)18-27-24;1-2/h4-11,17-18,23H,3,12-16H2,1-2H3,(H,28,31);1-2H3. The van der Waals surface area contributed by atoms with E-state index in [0.717, 1.165) is 18.4 Å². The third-order valence-electron chi connectivity index (χ3n) is 7.49. The summed E-state index contributed by atoms with van der Waals surface area (Å²) in [6.45, 7) is 6.84. The summed E-state index contributed by atoms with van der Waals surface area (Å²) in [6.07, 6.45) is 5.89. The van der Waals surface area contributed by atoms with Gasteiger partial charge in [0.1, 0.15) is 0 Å². The van der Waals surface area contributed by atoms with Crippen LogP contribution in [0.4, 0.5) is 0 Å². The summed E-state index contributed by atoms with van der Waals surface area (Å²) in [5.41, 5.74) is 3.92. The molecule has 1 unspecified atom stereocenters. The average molecular weight is 509 g/mol. The van der Waals surface area contributed by atoms with E-state index in [-0.39, 0.29) is 22.4 Å². The zero-order chi connectivity index (χ0) is 25.9. The van der Waals surface area contributed by atoms with E-state index in [2.05, 4.69) is 29.4 Å². The van der Waals surface area contributed by atoms with Crippen molar-refractivity contribution in [3.8, 4) is 0 Å². The van der Waals surface area contributed by atoms with Crippen LogP contribution >= 0.6 is 0 Å². The third kappa shape index (κ3) is 4.60. The molecule has 1 amide bonds.